The maximum absolute atomic E-state index is 11.9. The van der Waals surface area contributed by atoms with Crippen LogP contribution in [0.3, 0.4) is 0 Å². The summed E-state index contributed by atoms with van der Waals surface area (Å²) in [6.07, 6.45) is 0.138. The van der Waals surface area contributed by atoms with Crippen molar-refractivity contribution >= 4 is 5.97 Å². The summed E-state index contributed by atoms with van der Waals surface area (Å²) in [5.74, 6) is -0.340. The minimum Gasteiger partial charge on any atom is -0.460 e. The van der Waals surface area contributed by atoms with Crippen LogP contribution >= 0.6 is 0 Å². The summed E-state index contributed by atoms with van der Waals surface area (Å²) >= 11 is 0. The lowest BCUT2D eigenvalue weighted by molar-refractivity contribution is 0.0177. The van der Waals surface area contributed by atoms with E-state index in [1.54, 1.807) is 12.1 Å². The summed E-state index contributed by atoms with van der Waals surface area (Å²) in [4.78, 5) is 11.9. The molecule has 0 fully saturated rings. The fourth-order valence-corrected chi connectivity index (χ4v) is 2.13. The summed E-state index contributed by atoms with van der Waals surface area (Å²) in [7, 11) is 0. The van der Waals surface area contributed by atoms with E-state index in [4.69, 9.17) is 9.47 Å². The molecule has 5 nitrogen and oxygen atoms in total. The third-order valence-electron chi connectivity index (χ3n) is 3.12. The van der Waals surface area contributed by atoms with Gasteiger partial charge in [0, 0.05) is 5.69 Å². The van der Waals surface area contributed by atoms with Crippen molar-refractivity contribution in [2.45, 2.75) is 33.8 Å². The minimum atomic E-state index is -0.340. The zero-order valence-electron chi connectivity index (χ0n) is 13.5. The molecule has 1 heterocycles. The topological polar surface area (TPSA) is 53.4 Å². The van der Waals surface area contributed by atoms with Crippen molar-refractivity contribution in [1.29, 1.82) is 0 Å². The predicted octanol–water partition coefficient (Wildman–Crippen LogP) is 3.07. The molecular weight excluding hydrogens is 280 g/mol. The first-order valence-electron chi connectivity index (χ1n) is 7.40. The molecule has 0 aliphatic carbocycles. The first kappa shape index (κ1) is 16.2. The molecule has 5 heteroatoms. The van der Waals surface area contributed by atoms with E-state index in [0.29, 0.717) is 12.2 Å². The molecule has 1 aromatic carbocycles. The number of aryl methyl sites for hydroxylation is 2. The van der Waals surface area contributed by atoms with Gasteiger partial charge >= 0.3 is 5.97 Å². The van der Waals surface area contributed by atoms with Crippen LogP contribution in [-0.4, -0.2) is 35.1 Å². The van der Waals surface area contributed by atoms with E-state index in [9.17, 15) is 4.79 Å². The number of carbonyl (C=O) groups excluding carboxylic acids is 1. The van der Waals surface area contributed by atoms with E-state index in [1.807, 2.05) is 50.6 Å². The second-order valence-corrected chi connectivity index (χ2v) is 5.44. The van der Waals surface area contributed by atoms with Crippen molar-refractivity contribution in [2.75, 3.05) is 13.2 Å². The van der Waals surface area contributed by atoms with Crippen molar-refractivity contribution in [2.24, 2.45) is 0 Å². The third kappa shape index (κ3) is 4.18. The van der Waals surface area contributed by atoms with Gasteiger partial charge in [0.1, 0.15) is 6.61 Å². The first-order valence-corrected chi connectivity index (χ1v) is 7.40. The van der Waals surface area contributed by atoms with Crippen LogP contribution in [0, 0.1) is 13.8 Å². The molecule has 0 atom stereocenters. The molecule has 0 bridgehead atoms. The highest BCUT2D eigenvalue weighted by Crippen LogP contribution is 2.13. The van der Waals surface area contributed by atoms with E-state index >= 15 is 0 Å². The Morgan fingerprint density at radius 2 is 1.86 bits per heavy atom. The lowest BCUT2D eigenvalue weighted by Crippen LogP contribution is -2.13. The molecule has 0 N–H and O–H groups in total. The smallest absolute Gasteiger partial charge is 0.338 e. The van der Waals surface area contributed by atoms with E-state index in [-0.39, 0.29) is 18.7 Å². The van der Waals surface area contributed by atoms with Crippen molar-refractivity contribution in [3.63, 3.8) is 0 Å². The molecule has 2 rings (SSSR count). The number of rotatable bonds is 6. The molecule has 0 saturated carbocycles. The summed E-state index contributed by atoms with van der Waals surface area (Å²) < 4.78 is 12.3. The van der Waals surface area contributed by atoms with Gasteiger partial charge in [0.05, 0.1) is 29.7 Å². The predicted molar refractivity (Wildman–Crippen MR) is 84.4 cm³/mol. The van der Waals surface area contributed by atoms with Crippen LogP contribution in [0.4, 0.5) is 0 Å². The summed E-state index contributed by atoms with van der Waals surface area (Å²) in [5, 5.41) is 4.42. The summed E-state index contributed by atoms with van der Waals surface area (Å²) in [5.41, 5.74) is 3.46. The van der Waals surface area contributed by atoms with Gasteiger partial charge in [-0.3, -0.25) is 0 Å². The highest BCUT2D eigenvalue weighted by molar-refractivity contribution is 5.89. The Morgan fingerprint density at radius 3 is 2.41 bits per heavy atom. The van der Waals surface area contributed by atoms with Crippen LogP contribution in [0.1, 0.15) is 35.6 Å². The first-order chi connectivity index (χ1) is 10.5. The fraction of sp³-hybridized carbons (Fsp3) is 0.412. The number of carbonyl (C=O) groups is 1. The normalized spacial score (nSPS) is 11.0. The molecule has 0 aliphatic heterocycles. The van der Waals surface area contributed by atoms with Crippen LogP contribution in [0.15, 0.2) is 30.3 Å². The SMILES string of the molecule is Cc1cc(C)n(-c2ccc(C(=O)OCCOC(C)C)cc2)n1. The Morgan fingerprint density at radius 1 is 1.18 bits per heavy atom. The molecule has 22 heavy (non-hydrogen) atoms. The Bertz CT molecular complexity index is 630. The average Bonchev–Trinajstić information content (AvgIpc) is 2.82. The summed E-state index contributed by atoms with van der Waals surface area (Å²) in [6.45, 7) is 8.51. The van der Waals surface area contributed by atoms with Gasteiger partial charge in [0.15, 0.2) is 0 Å². The number of nitrogens with zero attached hydrogens (tertiary/aromatic N) is 2. The van der Waals surface area contributed by atoms with Crippen molar-refractivity contribution in [3.05, 3.63) is 47.3 Å². The number of aromatic nitrogens is 2. The summed E-state index contributed by atoms with van der Waals surface area (Å²) in [6, 6.07) is 9.23. The third-order valence-corrected chi connectivity index (χ3v) is 3.12. The van der Waals surface area contributed by atoms with Gasteiger partial charge in [0.2, 0.25) is 0 Å². The molecule has 2 aromatic rings. The Kier molecular flexibility index (Phi) is 5.33. The van der Waals surface area contributed by atoms with E-state index in [1.165, 1.54) is 0 Å². The molecule has 0 unspecified atom stereocenters. The highest BCUT2D eigenvalue weighted by atomic mass is 16.6. The lowest BCUT2D eigenvalue weighted by Gasteiger charge is -2.09. The van der Waals surface area contributed by atoms with Gasteiger partial charge < -0.3 is 9.47 Å². The van der Waals surface area contributed by atoms with Gasteiger partial charge in [-0.2, -0.15) is 5.10 Å². The van der Waals surface area contributed by atoms with Gasteiger partial charge in [-0.1, -0.05) is 0 Å². The zero-order chi connectivity index (χ0) is 16.1. The van der Waals surface area contributed by atoms with Crippen molar-refractivity contribution in [3.8, 4) is 5.69 Å². The number of hydrogen-bond acceptors (Lipinski definition) is 4. The number of benzene rings is 1. The number of esters is 1. The monoisotopic (exact) mass is 302 g/mol. The maximum atomic E-state index is 11.9. The van der Waals surface area contributed by atoms with Gasteiger partial charge in [-0.15, -0.1) is 0 Å². The van der Waals surface area contributed by atoms with Gasteiger partial charge in [0.25, 0.3) is 0 Å². The minimum absolute atomic E-state index is 0.138. The second-order valence-electron chi connectivity index (χ2n) is 5.44. The van der Waals surface area contributed by atoms with Crippen LogP contribution in [0.25, 0.3) is 5.69 Å². The molecule has 0 radical (unpaired) electrons. The molecule has 118 valence electrons. The molecule has 0 spiro atoms. The molecule has 0 amide bonds. The van der Waals surface area contributed by atoms with Crippen LogP contribution in [0.2, 0.25) is 0 Å². The largest absolute Gasteiger partial charge is 0.460 e. The number of ether oxygens (including phenoxy) is 2. The Hall–Kier alpha value is -2.14. The van der Waals surface area contributed by atoms with Crippen LogP contribution in [0.5, 0.6) is 0 Å². The van der Waals surface area contributed by atoms with E-state index in [0.717, 1.165) is 17.1 Å². The standard InChI is InChI=1S/C17H22N2O3/c1-12(2)21-9-10-22-17(20)15-5-7-16(8-6-15)19-14(4)11-13(3)18-19/h5-8,11-12H,9-10H2,1-4H3. The van der Waals surface area contributed by atoms with E-state index < -0.39 is 0 Å². The quantitative estimate of drug-likeness (QED) is 0.608. The fourth-order valence-electron chi connectivity index (χ4n) is 2.13. The van der Waals surface area contributed by atoms with Crippen molar-refractivity contribution in [1.82, 2.24) is 9.78 Å². The Balaban J connectivity index is 1.97. The molecule has 1 aromatic heterocycles. The molecular formula is C17H22N2O3. The van der Waals surface area contributed by atoms with E-state index in [2.05, 4.69) is 5.10 Å². The number of hydrogen-bond donors (Lipinski definition) is 0. The molecule has 0 aliphatic rings. The zero-order valence-corrected chi connectivity index (χ0v) is 13.5. The average molecular weight is 302 g/mol. The van der Waals surface area contributed by atoms with Gasteiger partial charge in [-0.05, 0) is 58.0 Å². The van der Waals surface area contributed by atoms with Crippen molar-refractivity contribution < 1.29 is 14.3 Å². The maximum Gasteiger partial charge on any atom is 0.338 e. The molecule has 0 saturated heterocycles. The van der Waals surface area contributed by atoms with Crippen LogP contribution in [-0.2, 0) is 9.47 Å². The van der Waals surface area contributed by atoms with Crippen LogP contribution < -0.4 is 0 Å². The van der Waals surface area contributed by atoms with Gasteiger partial charge in [-0.25, -0.2) is 9.48 Å². The lowest BCUT2D eigenvalue weighted by atomic mass is 10.2. The highest BCUT2D eigenvalue weighted by Gasteiger charge is 2.09. The second kappa shape index (κ2) is 7.22. The Labute approximate surface area is 130 Å².